The van der Waals surface area contributed by atoms with E-state index in [4.69, 9.17) is 14.6 Å². The van der Waals surface area contributed by atoms with E-state index in [0.717, 1.165) is 38.7 Å². The molecule has 0 aromatic rings. The van der Waals surface area contributed by atoms with Gasteiger partial charge in [-0.25, -0.2) is 4.79 Å². The van der Waals surface area contributed by atoms with E-state index in [1.807, 2.05) is 0 Å². The predicted octanol–water partition coefficient (Wildman–Crippen LogP) is 5.46. The molecule has 1 N–H and O–H groups in total. The molecular formula is C20H36O4. The summed E-state index contributed by atoms with van der Waals surface area (Å²) in [4.78, 5) is 10.7. The number of carboxylic acid groups (broad SMARTS) is 1. The molecule has 140 valence electrons. The summed E-state index contributed by atoms with van der Waals surface area (Å²) in [7, 11) is 0. The van der Waals surface area contributed by atoms with Crippen LogP contribution in [0.3, 0.4) is 0 Å². The lowest BCUT2D eigenvalue weighted by atomic mass is 10.0. The second-order valence-electron chi connectivity index (χ2n) is 6.79. The molecule has 4 nitrogen and oxygen atoms in total. The summed E-state index contributed by atoms with van der Waals surface area (Å²) in [5.74, 6) is -0.916. The Morgan fingerprint density at radius 1 is 1.12 bits per heavy atom. The smallest absolute Gasteiger partial charge is 0.328 e. The van der Waals surface area contributed by atoms with Crippen LogP contribution in [-0.4, -0.2) is 30.1 Å². The molecule has 1 aliphatic heterocycles. The number of carboxylic acids is 1. The summed E-state index contributed by atoms with van der Waals surface area (Å²) in [5, 5.41) is 8.82. The highest BCUT2D eigenvalue weighted by molar-refractivity contribution is 5.79. The fraction of sp³-hybridized carbons (Fsp3) is 0.850. The molecule has 0 radical (unpaired) electrons. The highest BCUT2D eigenvalue weighted by atomic mass is 16.7. The molecule has 1 fully saturated rings. The predicted molar refractivity (Wildman–Crippen MR) is 97.1 cm³/mol. The summed E-state index contributed by atoms with van der Waals surface area (Å²) in [6.07, 6.45) is 18.1. The Morgan fingerprint density at radius 3 is 2.38 bits per heavy atom. The van der Waals surface area contributed by atoms with Gasteiger partial charge in [0.1, 0.15) is 0 Å². The molecule has 4 heteroatoms. The van der Waals surface area contributed by atoms with Crippen molar-refractivity contribution in [1.82, 2.24) is 0 Å². The third-order valence-corrected chi connectivity index (χ3v) is 4.51. The molecule has 0 aliphatic carbocycles. The third-order valence-electron chi connectivity index (χ3n) is 4.51. The van der Waals surface area contributed by atoms with Gasteiger partial charge in [0.25, 0.3) is 0 Å². The number of carbonyl (C=O) groups is 1. The van der Waals surface area contributed by atoms with Crippen molar-refractivity contribution >= 4 is 5.97 Å². The van der Waals surface area contributed by atoms with Crippen molar-refractivity contribution in [2.75, 3.05) is 6.61 Å². The monoisotopic (exact) mass is 340 g/mol. The van der Waals surface area contributed by atoms with Crippen molar-refractivity contribution in [2.45, 2.75) is 103 Å². The second kappa shape index (κ2) is 14.5. The van der Waals surface area contributed by atoms with E-state index in [1.165, 1.54) is 57.4 Å². The molecule has 0 saturated carbocycles. The first-order valence-electron chi connectivity index (χ1n) is 9.90. The quantitative estimate of drug-likeness (QED) is 0.337. The van der Waals surface area contributed by atoms with Gasteiger partial charge in [-0.2, -0.15) is 0 Å². The molecule has 0 bridgehead atoms. The van der Waals surface area contributed by atoms with Crippen molar-refractivity contribution in [2.24, 2.45) is 0 Å². The summed E-state index contributed by atoms with van der Waals surface area (Å²) < 4.78 is 11.5. The van der Waals surface area contributed by atoms with Gasteiger partial charge in [0.15, 0.2) is 6.29 Å². The van der Waals surface area contributed by atoms with Gasteiger partial charge in [0.2, 0.25) is 0 Å². The van der Waals surface area contributed by atoms with Crippen molar-refractivity contribution < 1.29 is 19.4 Å². The number of unbranched alkanes of at least 4 members (excludes halogenated alkanes) is 8. The van der Waals surface area contributed by atoms with E-state index in [0.29, 0.717) is 0 Å². The zero-order chi connectivity index (χ0) is 17.5. The Bertz CT molecular complexity index is 335. The van der Waals surface area contributed by atoms with Crippen LogP contribution in [0, 0.1) is 0 Å². The summed E-state index contributed by atoms with van der Waals surface area (Å²) in [6, 6.07) is 0. The van der Waals surface area contributed by atoms with Crippen LogP contribution in [-0.2, 0) is 14.3 Å². The van der Waals surface area contributed by atoms with Gasteiger partial charge in [0, 0.05) is 12.7 Å². The molecule has 0 aromatic carbocycles. The lowest BCUT2D eigenvalue weighted by Gasteiger charge is -2.26. The summed E-state index contributed by atoms with van der Waals surface area (Å²) in [5.41, 5.74) is 0. The van der Waals surface area contributed by atoms with E-state index >= 15 is 0 Å². The zero-order valence-electron chi connectivity index (χ0n) is 15.4. The minimum Gasteiger partial charge on any atom is -0.478 e. The standard InChI is InChI=1S/C20H36O4/c1-2-3-4-5-6-7-8-9-10-13-18(15-16-19(21)22)24-20-14-11-12-17-23-20/h15-16,18,20H,2-14,17H2,1H3,(H,21,22)/t18-,20?/m1/s1. The molecule has 0 spiro atoms. The van der Waals surface area contributed by atoms with Crippen LogP contribution in [0.4, 0.5) is 0 Å². The minimum absolute atomic E-state index is 0.145. The zero-order valence-corrected chi connectivity index (χ0v) is 15.4. The normalized spacial score (nSPS) is 19.6. The third kappa shape index (κ3) is 11.6. The Labute approximate surface area is 147 Å². The first-order valence-corrected chi connectivity index (χ1v) is 9.90. The molecule has 1 aliphatic rings. The number of rotatable bonds is 14. The van der Waals surface area contributed by atoms with Gasteiger partial charge in [-0.3, -0.25) is 0 Å². The van der Waals surface area contributed by atoms with E-state index in [1.54, 1.807) is 6.08 Å². The topological polar surface area (TPSA) is 55.8 Å². The Kier molecular flexibility index (Phi) is 12.8. The van der Waals surface area contributed by atoms with Crippen LogP contribution < -0.4 is 0 Å². The number of hydrogen-bond acceptors (Lipinski definition) is 3. The van der Waals surface area contributed by atoms with Gasteiger partial charge in [-0.05, 0) is 31.8 Å². The van der Waals surface area contributed by atoms with E-state index in [2.05, 4.69) is 6.92 Å². The maximum atomic E-state index is 10.7. The summed E-state index contributed by atoms with van der Waals surface area (Å²) >= 11 is 0. The van der Waals surface area contributed by atoms with Crippen molar-refractivity contribution in [3.8, 4) is 0 Å². The second-order valence-corrected chi connectivity index (χ2v) is 6.79. The van der Waals surface area contributed by atoms with Crippen molar-refractivity contribution in [1.29, 1.82) is 0 Å². The number of ether oxygens (including phenoxy) is 2. The van der Waals surface area contributed by atoms with E-state index in [9.17, 15) is 4.79 Å². The molecule has 1 rings (SSSR count). The average molecular weight is 341 g/mol. The molecule has 1 saturated heterocycles. The molecule has 1 unspecified atom stereocenters. The van der Waals surface area contributed by atoms with Crippen LogP contribution in [0.5, 0.6) is 0 Å². The highest BCUT2D eigenvalue weighted by Crippen LogP contribution is 2.19. The SMILES string of the molecule is CCCCCCCCCCC[C@H](C=CC(=O)O)OC1CCCCO1. The van der Waals surface area contributed by atoms with Gasteiger partial charge in [-0.1, -0.05) is 64.7 Å². The van der Waals surface area contributed by atoms with Crippen LogP contribution in [0.25, 0.3) is 0 Å². The Balaban J connectivity index is 2.15. The first-order chi connectivity index (χ1) is 11.7. The molecule has 24 heavy (non-hydrogen) atoms. The minimum atomic E-state index is -0.916. The fourth-order valence-corrected chi connectivity index (χ4v) is 3.07. The van der Waals surface area contributed by atoms with E-state index < -0.39 is 5.97 Å². The van der Waals surface area contributed by atoms with E-state index in [-0.39, 0.29) is 12.4 Å². The Hall–Kier alpha value is -0.870. The van der Waals surface area contributed by atoms with Gasteiger partial charge in [-0.15, -0.1) is 0 Å². The Morgan fingerprint density at radius 2 is 1.79 bits per heavy atom. The van der Waals surface area contributed by atoms with Crippen molar-refractivity contribution in [3.05, 3.63) is 12.2 Å². The highest BCUT2D eigenvalue weighted by Gasteiger charge is 2.18. The van der Waals surface area contributed by atoms with Gasteiger partial charge >= 0.3 is 5.97 Å². The fourth-order valence-electron chi connectivity index (χ4n) is 3.07. The largest absolute Gasteiger partial charge is 0.478 e. The lowest BCUT2D eigenvalue weighted by molar-refractivity contribution is -0.179. The molecule has 1 heterocycles. The maximum Gasteiger partial charge on any atom is 0.328 e. The summed E-state index contributed by atoms with van der Waals surface area (Å²) in [6.45, 7) is 2.99. The molecule has 0 aromatic heterocycles. The molecule has 2 atom stereocenters. The van der Waals surface area contributed by atoms with Crippen LogP contribution in [0.1, 0.15) is 90.4 Å². The van der Waals surface area contributed by atoms with Crippen LogP contribution in [0.2, 0.25) is 0 Å². The molecule has 0 amide bonds. The van der Waals surface area contributed by atoms with Crippen LogP contribution >= 0.6 is 0 Å². The van der Waals surface area contributed by atoms with Gasteiger partial charge in [0.05, 0.1) is 6.10 Å². The van der Waals surface area contributed by atoms with Gasteiger partial charge < -0.3 is 14.6 Å². The number of aliphatic carboxylic acids is 1. The first kappa shape index (κ1) is 21.2. The van der Waals surface area contributed by atoms with Crippen molar-refractivity contribution in [3.63, 3.8) is 0 Å². The molecular weight excluding hydrogens is 304 g/mol. The van der Waals surface area contributed by atoms with Crippen LogP contribution in [0.15, 0.2) is 12.2 Å². The number of hydrogen-bond donors (Lipinski definition) is 1. The lowest BCUT2D eigenvalue weighted by Crippen LogP contribution is -2.27. The average Bonchev–Trinajstić information content (AvgIpc) is 2.58. The maximum absolute atomic E-state index is 10.7.